The van der Waals surface area contributed by atoms with E-state index in [1.807, 2.05) is 38.1 Å². The minimum absolute atomic E-state index is 0.0946. The zero-order chi connectivity index (χ0) is 21.0. The van der Waals surface area contributed by atoms with Crippen LogP contribution in [0.5, 0.6) is 5.75 Å². The average molecular weight is 393 g/mol. The molecular formula is C21H23N5O3. The van der Waals surface area contributed by atoms with Crippen LogP contribution in [-0.4, -0.2) is 33.0 Å². The molecule has 0 aliphatic heterocycles. The lowest BCUT2D eigenvalue weighted by molar-refractivity contribution is -0.122. The van der Waals surface area contributed by atoms with Crippen molar-refractivity contribution in [3.63, 3.8) is 0 Å². The first-order chi connectivity index (χ1) is 13.8. The number of aromatic amines is 1. The van der Waals surface area contributed by atoms with E-state index in [0.29, 0.717) is 22.8 Å². The monoisotopic (exact) mass is 393 g/mol. The predicted molar refractivity (Wildman–Crippen MR) is 108 cm³/mol. The summed E-state index contributed by atoms with van der Waals surface area (Å²) in [5, 5.41) is 2.97. The number of hydrogen-bond acceptors (Lipinski definition) is 6. The largest absolute Gasteiger partial charge is 0.496 e. The third-order valence-corrected chi connectivity index (χ3v) is 4.57. The maximum Gasteiger partial charge on any atom is 0.255 e. The minimum Gasteiger partial charge on any atom is -0.496 e. The number of benzene rings is 1. The van der Waals surface area contributed by atoms with Crippen LogP contribution in [0.1, 0.15) is 30.7 Å². The number of hydrogen-bond donors (Lipinski definition) is 2. The Balaban J connectivity index is 1.81. The molecule has 8 nitrogen and oxygen atoms in total. The average Bonchev–Trinajstić information content (AvgIpc) is 2.70. The van der Waals surface area contributed by atoms with E-state index in [0.717, 1.165) is 5.56 Å². The van der Waals surface area contributed by atoms with Gasteiger partial charge in [-0.25, -0.2) is 15.0 Å². The molecule has 29 heavy (non-hydrogen) atoms. The molecule has 0 aliphatic rings. The summed E-state index contributed by atoms with van der Waals surface area (Å²) < 4.78 is 5.40. The fourth-order valence-electron chi connectivity index (χ4n) is 3.13. The number of nitrogens with zero attached hydrogens (tertiary/aromatic N) is 3. The molecule has 0 aliphatic carbocycles. The van der Waals surface area contributed by atoms with E-state index in [9.17, 15) is 9.59 Å². The van der Waals surface area contributed by atoms with Gasteiger partial charge in [-0.2, -0.15) is 0 Å². The summed E-state index contributed by atoms with van der Waals surface area (Å²) >= 11 is 0. The Morgan fingerprint density at radius 1 is 1.17 bits per heavy atom. The van der Waals surface area contributed by atoms with Crippen LogP contribution in [-0.2, 0) is 16.8 Å². The van der Waals surface area contributed by atoms with Crippen LogP contribution < -0.4 is 15.6 Å². The Labute approximate surface area is 168 Å². The number of ether oxygens (including phenoxy) is 1. The summed E-state index contributed by atoms with van der Waals surface area (Å²) in [6, 6.07) is 9.16. The lowest BCUT2D eigenvalue weighted by Crippen LogP contribution is -2.42. The fraction of sp³-hybridized carbons (Fsp3) is 0.286. The standard InChI is InChI=1S/C21H23N5O3/c1-13-14(20(28)25-19(24-13)18-22-10-7-11-23-18)12-17(27)26-21(2,3)15-8-5-6-9-16(15)29-4/h5-11H,12H2,1-4H3,(H,26,27)(H,24,25,28). The summed E-state index contributed by atoms with van der Waals surface area (Å²) in [5.74, 6) is 0.980. The first-order valence-corrected chi connectivity index (χ1v) is 9.13. The van der Waals surface area contributed by atoms with Gasteiger partial charge in [0.05, 0.1) is 19.1 Å². The molecule has 8 heteroatoms. The highest BCUT2D eigenvalue weighted by molar-refractivity contribution is 5.79. The second-order valence-electron chi connectivity index (χ2n) is 7.10. The van der Waals surface area contributed by atoms with Gasteiger partial charge in [0.2, 0.25) is 5.91 Å². The van der Waals surface area contributed by atoms with Crippen LogP contribution in [0.4, 0.5) is 0 Å². The SMILES string of the molecule is COc1ccccc1C(C)(C)NC(=O)Cc1c(C)nc(-c2ncccn2)[nH]c1=O. The highest BCUT2D eigenvalue weighted by Crippen LogP contribution is 2.29. The van der Waals surface area contributed by atoms with E-state index in [4.69, 9.17) is 4.74 Å². The number of H-pyrrole nitrogens is 1. The second kappa shape index (κ2) is 8.22. The van der Waals surface area contributed by atoms with Crippen molar-refractivity contribution in [2.45, 2.75) is 32.7 Å². The van der Waals surface area contributed by atoms with E-state index in [2.05, 4.69) is 25.3 Å². The molecular weight excluding hydrogens is 370 g/mol. The molecule has 0 atom stereocenters. The third-order valence-electron chi connectivity index (χ3n) is 4.57. The summed E-state index contributed by atoms with van der Waals surface area (Å²) in [4.78, 5) is 40.4. The van der Waals surface area contributed by atoms with E-state index in [1.165, 1.54) is 0 Å². The normalized spacial score (nSPS) is 11.2. The van der Waals surface area contributed by atoms with Crippen molar-refractivity contribution >= 4 is 5.91 Å². The van der Waals surface area contributed by atoms with Gasteiger partial charge >= 0.3 is 0 Å². The highest BCUT2D eigenvalue weighted by Gasteiger charge is 2.27. The van der Waals surface area contributed by atoms with Gasteiger partial charge in [0.25, 0.3) is 5.56 Å². The minimum atomic E-state index is -0.685. The van der Waals surface area contributed by atoms with Crippen molar-refractivity contribution in [2.24, 2.45) is 0 Å². The Hall–Kier alpha value is -3.55. The van der Waals surface area contributed by atoms with E-state index in [-0.39, 0.29) is 23.7 Å². The Morgan fingerprint density at radius 3 is 2.52 bits per heavy atom. The summed E-state index contributed by atoms with van der Waals surface area (Å²) in [7, 11) is 1.59. The van der Waals surface area contributed by atoms with Gasteiger partial charge in [0.1, 0.15) is 5.75 Å². The number of nitrogens with one attached hydrogen (secondary N) is 2. The van der Waals surface area contributed by atoms with Gasteiger partial charge in [0.15, 0.2) is 11.6 Å². The Bertz CT molecular complexity index is 1080. The molecule has 0 saturated heterocycles. The Kier molecular flexibility index (Phi) is 5.72. The van der Waals surface area contributed by atoms with Gasteiger partial charge < -0.3 is 15.0 Å². The van der Waals surface area contributed by atoms with Crippen molar-refractivity contribution in [1.82, 2.24) is 25.3 Å². The molecule has 1 aromatic carbocycles. The van der Waals surface area contributed by atoms with Crippen LogP contribution in [0.3, 0.4) is 0 Å². The predicted octanol–water partition coefficient (Wildman–Crippen LogP) is 2.14. The van der Waals surface area contributed by atoms with E-state index >= 15 is 0 Å². The summed E-state index contributed by atoms with van der Waals surface area (Å²) in [6.07, 6.45) is 3.04. The molecule has 3 aromatic rings. The summed E-state index contributed by atoms with van der Waals surface area (Å²) in [5.41, 5.74) is 0.538. The zero-order valence-corrected chi connectivity index (χ0v) is 16.8. The third kappa shape index (κ3) is 4.48. The molecule has 0 fully saturated rings. The van der Waals surface area contributed by atoms with Gasteiger partial charge in [-0.15, -0.1) is 0 Å². The zero-order valence-electron chi connectivity index (χ0n) is 16.8. The number of carbonyl (C=O) groups excluding carboxylic acids is 1. The lowest BCUT2D eigenvalue weighted by atomic mass is 9.93. The number of aromatic nitrogens is 4. The smallest absolute Gasteiger partial charge is 0.255 e. The van der Waals surface area contributed by atoms with Crippen LogP contribution in [0.25, 0.3) is 11.6 Å². The maximum absolute atomic E-state index is 12.7. The number of amides is 1. The van der Waals surface area contributed by atoms with Gasteiger partial charge in [-0.1, -0.05) is 18.2 Å². The molecule has 1 amide bonds. The van der Waals surface area contributed by atoms with Crippen LogP contribution in [0.2, 0.25) is 0 Å². The Morgan fingerprint density at radius 2 is 1.86 bits per heavy atom. The highest BCUT2D eigenvalue weighted by atomic mass is 16.5. The second-order valence-corrected chi connectivity index (χ2v) is 7.10. The number of methoxy groups -OCH3 is 1. The molecule has 0 unspecified atom stereocenters. The van der Waals surface area contributed by atoms with Gasteiger partial charge in [-0.05, 0) is 32.9 Å². The molecule has 3 rings (SSSR count). The fourth-order valence-corrected chi connectivity index (χ4v) is 3.13. The quantitative estimate of drug-likeness (QED) is 0.664. The van der Waals surface area contributed by atoms with Crippen molar-refractivity contribution in [1.29, 1.82) is 0 Å². The van der Waals surface area contributed by atoms with Gasteiger partial charge in [-0.3, -0.25) is 9.59 Å². The topological polar surface area (TPSA) is 110 Å². The first kappa shape index (κ1) is 20.2. The van der Waals surface area contributed by atoms with Crippen molar-refractivity contribution in [3.8, 4) is 17.4 Å². The molecule has 0 spiro atoms. The molecule has 0 radical (unpaired) electrons. The first-order valence-electron chi connectivity index (χ1n) is 9.13. The van der Waals surface area contributed by atoms with E-state index < -0.39 is 5.54 Å². The van der Waals surface area contributed by atoms with Crippen molar-refractivity contribution in [3.05, 3.63) is 69.9 Å². The van der Waals surface area contributed by atoms with Crippen LogP contribution >= 0.6 is 0 Å². The molecule has 0 bridgehead atoms. The van der Waals surface area contributed by atoms with Crippen molar-refractivity contribution in [2.75, 3.05) is 7.11 Å². The van der Waals surface area contributed by atoms with Gasteiger partial charge in [0, 0.05) is 29.2 Å². The number of rotatable bonds is 6. The molecule has 0 saturated carbocycles. The lowest BCUT2D eigenvalue weighted by Gasteiger charge is -2.28. The molecule has 2 N–H and O–H groups in total. The molecule has 2 aromatic heterocycles. The number of para-hydroxylation sites is 1. The van der Waals surface area contributed by atoms with E-state index in [1.54, 1.807) is 32.5 Å². The maximum atomic E-state index is 12.7. The van der Waals surface area contributed by atoms with Crippen LogP contribution in [0.15, 0.2) is 47.5 Å². The van der Waals surface area contributed by atoms with Crippen LogP contribution in [0, 0.1) is 6.92 Å². The molecule has 2 heterocycles. The molecule has 150 valence electrons. The van der Waals surface area contributed by atoms with Crippen molar-refractivity contribution < 1.29 is 9.53 Å². The number of carbonyl (C=O) groups is 1. The number of aryl methyl sites for hydroxylation is 1. The summed E-state index contributed by atoms with van der Waals surface area (Å²) in [6.45, 7) is 5.46.